The van der Waals surface area contributed by atoms with Gasteiger partial charge in [-0.15, -0.1) is 0 Å². The molecule has 0 radical (unpaired) electrons. The minimum Gasteiger partial charge on any atom is -0.350 e. The lowest BCUT2D eigenvalue weighted by Gasteiger charge is -2.41. The zero-order chi connectivity index (χ0) is 40.4. The van der Waals surface area contributed by atoms with Crippen LogP contribution in [0, 0.1) is 35.5 Å². The van der Waals surface area contributed by atoms with Crippen LogP contribution in [0.15, 0.2) is 42.9 Å². The van der Waals surface area contributed by atoms with Gasteiger partial charge in [-0.25, -0.2) is 4.98 Å². The van der Waals surface area contributed by atoms with Crippen LogP contribution < -0.4 is 0 Å². The van der Waals surface area contributed by atoms with Crippen molar-refractivity contribution in [1.29, 1.82) is 0 Å². The molecule has 1 aromatic heterocycles. The van der Waals surface area contributed by atoms with Gasteiger partial charge in [0, 0.05) is 67.9 Å². The van der Waals surface area contributed by atoms with E-state index in [0.717, 1.165) is 62.8 Å². The number of nitrogens with zero attached hydrogens (tertiary/aromatic N) is 4. The molecule has 0 unspecified atom stereocenters. The largest absolute Gasteiger partial charge is 0.350 e. The Morgan fingerprint density at radius 3 is 2.38 bits per heavy atom. The molecular weight excluding hydrogens is 689 g/mol. The van der Waals surface area contributed by atoms with Crippen molar-refractivity contribution >= 4 is 23.0 Å². The molecule has 9 nitrogen and oxygen atoms in total. The van der Waals surface area contributed by atoms with Crippen LogP contribution in [0.4, 0.5) is 0 Å². The molecule has 0 aromatic carbocycles. The summed E-state index contributed by atoms with van der Waals surface area (Å²) in [6.45, 7) is 22.2. The molecule has 4 rings (SSSR count). The van der Waals surface area contributed by atoms with E-state index in [-0.39, 0.29) is 65.1 Å². The lowest BCUT2D eigenvalue weighted by Crippen LogP contribution is -2.49. The number of carbonyl (C=O) groups is 3. The number of unbranched alkanes of at least 4 members (excludes halogenated alkanes) is 1. The van der Waals surface area contributed by atoms with Gasteiger partial charge in [0.15, 0.2) is 6.29 Å². The van der Waals surface area contributed by atoms with E-state index in [4.69, 9.17) is 9.47 Å². The minimum atomic E-state index is -0.425. The van der Waals surface area contributed by atoms with Crippen LogP contribution in [0.1, 0.15) is 132 Å². The number of aromatic nitrogens is 2. The summed E-state index contributed by atoms with van der Waals surface area (Å²) in [5, 5.41) is 0. The SMILES string of the molecule is C=C1C[C@H](CC)C[C@H](N(CCCCn2cnc(C3=CCCC=C3)c2)C(=O)CC)[C@@H](C)C(=O)[C@H](C)C[C@H](C)[C@H](O[C@H]2C[C@@H](N(C)C)C[C@@H](C)O2)[C@@H](C)C(=O)[C@H]1C. The fourth-order valence-electron chi connectivity index (χ4n) is 9.28. The van der Waals surface area contributed by atoms with Crippen LogP contribution in [-0.2, 0) is 30.4 Å². The first kappa shape index (κ1) is 44.8. The smallest absolute Gasteiger partial charge is 0.222 e. The van der Waals surface area contributed by atoms with Crippen molar-refractivity contribution in [3.63, 3.8) is 0 Å². The van der Waals surface area contributed by atoms with E-state index < -0.39 is 12.4 Å². The van der Waals surface area contributed by atoms with Crippen LogP contribution in [0.5, 0.6) is 0 Å². The van der Waals surface area contributed by atoms with Gasteiger partial charge in [-0.2, -0.15) is 0 Å². The van der Waals surface area contributed by atoms with Crippen molar-refractivity contribution in [2.75, 3.05) is 20.6 Å². The topological polar surface area (TPSA) is 94.0 Å². The number of allylic oxidation sites excluding steroid dienone is 5. The van der Waals surface area contributed by atoms with E-state index in [1.165, 1.54) is 5.57 Å². The second-order valence-corrected chi connectivity index (χ2v) is 17.5. The number of carbonyl (C=O) groups excluding carboxylic acids is 3. The minimum absolute atomic E-state index is 0.0447. The quantitative estimate of drug-likeness (QED) is 0.155. The zero-order valence-corrected chi connectivity index (χ0v) is 36.0. The molecule has 0 spiro atoms. The zero-order valence-electron chi connectivity index (χ0n) is 36.0. The molecular formula is C46H74N4O5. The number of hydrogen-bond acceptors (Lipinski definition) is 7. The Balaban J connectivity index is 1.56. The Morgan fingerprint density at radius 1 is 0.982 bits per heavy atom. The Bertz CT molecular complexity index is 1500. The summed E-state index contributed by atoms with van der Waals surface area (Å²) in [6.07, 6.45) is 18.6. The predicted molar refractivity (Wildman–Crippen MR) is 222 cm³/mol. The van der Waals surface area contributed by atoms with Crippen molar-refractivity contribution in [3.05, 3.63) is 48.6 Å². The van der Waals surface area contributed by atoms with Gasteiger partial charge in [0.25, 0.3) is 0 Å². The second kappa shape index (κ2) is 21.0. The summed E-state index contributed by atoms with van der Waals surface area (Å²) >= 11 is 0. The number of ketones is 2. The summed E-state index contributed by atoms with van der Waals surface area (Å²) < 4.78 is 15.3. The normalized spacial score (nSPS) is 33.0. The standard InChI is InChI=1S/C46H74N4O5/c1-12-37-24-30(3)34(7)45(53)36(9)46(55-43-27-39(48(10)11)25-33(6)54-43)32(5)23-31(4)44(52)35(8)41(26-37)50(42(51)13-2)22-18-17-21-49-28-40(47-29-49)38-19-15-14-16-20-38/h15,19-20,28-29,31-37,39,41,43,46H,3,12-14,16-18,21-27H2,1-2,4-11H3/t31-,32+,33-,34+,35-,36+,37+,39+,41+,43+,46+/m1/s1. The third-order valence-corrected chi connectivity index (χ3v) is 13.0. The number of Topliss-reactive ketones (excluding diaryl/α,β-unsaturated/α-hetero) is 2. The molecule has 2 aliphatic carbocycles. The monoisotopic (exact) mass is 763 g/mol. The lowest BCUT2D eigenvalue weighted by atomic mass is 9.74. The maximum Gasteiger partial charge on any atom is 0.222 e. The molecule has 0 bridgehead atoms. The first-order valence-electron chi connectivity index (χ1n) is 21.6. The second-order valence-electron chi connectivity index (χ2n) is 17.5. The van der Waals surface area contributed by atoms with E-state index in [2.05, 4.69) is 80.3 Å². The van der Waals surface area contributed by atoms with Crippen molar-refractivity contribution in [3.8, 4) is 0 Å². The molecule has 1 aliphatic heterocycles. The molecule has 1 saturated carbocycles. The van der Waals surface area contributed by atoms with Gasteiger partial charge in [-0.05, 0) is 89.8 Å². The van der Waals surface area contributed by atoms with Gasteiger partial charge in [-0.3, -0.25) is 14.4 Å². The third-order valence-electron chi connectivity index (χ3n) is 13.0. The molecule has 0 N–H and O–H groups in total. The van der Waals surface area contributed by atoms with E-state index in [1.807, 2.05) is 45.8 Å². The molecule has 1 aromatic rings. The number of ether oxygens (including phenoxy) is 2. The number of rotatable bonds is 12. The lowest BCUT2D eigenvalue weighted by molar-refractivity contribution is -0.236. The molecule has 11 atom stereocenters. The average Bonchev–Trinajstić information content (AvgIpc) is 3.65. The van der Waals surface area contributed by atoms with Crippen LogP contribution in [0.2, 0.25) is 0 Å². The van der Waals surface area contributed by atoms with E-state index >= 15 is 0 Å². The van der Waals surface area contributed by atoms with E-state index in [1.54, 1.807) is 0 Å². The Labute approximate surface area is 333 Å². The van der Waals surface area contributed by atoms with Gasteiger partial charge in [0.2, 0.25) is 5.91 Å². The van der Waals surface area contributed by atoms with Crippen LogP contribution >= 0.6 is 0 Å². The highest BCUT2D eigenvalue weighted by Crippen LogP contribution is 2.36. The maximum absolute atomic E-state index is 14.5. The summed E-state index contributed by atoms with van der Waals surface area (Å²) in [5.74, 6) is -0.813. The Morgan fingerprint density at radius 2 is 1.73 bits per heavy atom. The van der Waals surface area contributed by atoms with E-state index in [0.29, 0.717) is 38.3 Å². The fraction of sp³-hybridized carbons (Fsp3) is 0.739. The van der Waals surface area contributed by atoms with Gasteiger partial charge >= 0.3 is 0 Å². The highest BCUT2D eigenvalue weighted by molar-refractivity contribution is 5.86. The van der Waals surface area contributed by atoms with E-state index in [9.17, 15) is 14.4 Å². The van der Waals surface area contributed by atoms with Crippen LogP contribution in [0.3, 0.4) is 0 Å². The van der Waals surface area contributed by atoms with Crippen molar-refractivity contribution < 1.29 is 23.9 Å². The number of amides is 1. The fourth-order valence-corrected chi connectivity index (χ4v) is 9.28. The number of aryl methyl sites for hydroxylation is 1. The Hall–Kier alpha value is -2.88. The first-order chi connectivity index (χ1) is 26.1. The summed E-state index contributed by atoms with van der Waals surface area (Å²) in [7, 11) is 4.18. The first-order valence-corrected chi connectivity index (χ1v) is 21.6. The van der Waals surface area contributed by atoms with Crippen molar-refractivity contribution in [2.45, 2.75) is 163 Å². The molecule has 308 valence electrons. The highest BCUT2D eigenvalue weighted by atomic mass is 16.7. The molecule has 55 heavy (non-hydrogen) atoms. The molecule has 2 heterocycles. The van der Waals surface area contributed by atoms with Gasteiger partial charge < -0.3 is 23.8 Å². The predicted octanol–water partition coefficient (Wildman–Crippen LogP) is 8.93. The molecule has 1 amide bonds. The highest BCUT2D eigenvalue weighted by Gasteiger charge is 2.41. The van der Waals surface area contributed by atoms with Gasteiger partial charge in [0.05, 0.1) is 24.2 Å². The Kier molecular flexibility index (Phi) is 17.2. The molecule has 9 heteroatoms. The molecule has 1 saturated heterocycles. The maximum atomic E-state index is 14.5. The van der Waals surface area contributed by atoms with Crippen molar-refractivity contribution in [2.24, 2.45) is 35.5 Å². The van der Waals surface area contributed by atoms with Gasteiger partial charge in [-0.1, -0.05) is 85.3 Å². The molecule has 2 fully saturated rings. The summed E-state index contributed by atoms with van der Waals surface area (Å²) in [5.41, 5.74) is 3.09. The molecule has 3 aliphatic rings. The average molecular weight is 763 g/mol. The number of hydrogen-bond donors (Lipinski definition) is 0. The number of imidazole rings is 1. The van der Waals surface area contributed by atoms with Crippen molar-refractivity contribution in [1.82, 2.24) is 19.4 Å². The van der Waals surface area contributed by atoms with Crippen LogP contribution in [-0.4, -0.2) is 88.0 Å². The van der Waals surface area contributed by atoms with Gasteiger partial charge in [0.1, 0.15) is 11.6 Å². The summed E-state index contributed by atoms with van der Waals surface area (Å²) in [4.78, 5) is 51.5. The summed E-state index contributed by atoms with van der Waals surface area (Å²) in [6, 6.07) is 0.0891. The van der Waals surface area contributed by atoms with Crippen LogP contribution in [0.25, 0.3) is 5.57 Å². The third kappa shape index (κ3) is 12.1.